The quantitative estimate of drug-likeness (QED) is 0.926. The van der Waals surface area contributed by atoms with Gasteiger partial charge in [-0.15, -0.1) is 0 Å². The lowest BCUT2D eigenvalue weighted by molar-refractivity contribution is 0.0247. The molecule has 0 bridgehead atoms. The summed E-state index contributed by atoms with van der Waals surface area (Å²) in [5.74, 6) is 0.940. The Balaban J connectivity index is 2.00. The molecule has 1 unspecified atom stereocenters. The zero-order valence-corrected chi connectivity index (χ0v) is 11.6. The van der Waals surface area contributed by atoms with Crippen molar-refractivity contribution in [2.75, 3.05) is 26.7 Å². The molecule has 1 fully saturated rings. The first kappa shape index (κ1) is 13.1. The van der Waals surface area contributed by atoms with Crippen LogP contribution in [-0.4, -0.2) is 37.7 Å². The minimum absolute atomic E-state index is 0.180. The minimum atomic E-state index is 0.180. The molecular weight excluding hydrogens is 284 g/mol. The van der Waals surface area contributed by atoms with Crippen molar-refractivity contribution in [1.29, 1.82) is 0 Å². The second kappa shape index (κ2) is 6.00. The Hall–Kier alpha value is -0.360. The van der Waals surface area contributed by atoms with E-state index in [9.17, 15) is 0 Å². The monoisotopic (exact) mass is 302 g/mol. The molecule has 1 saturated heterocycles. The molecule has 4 nitrogen and oxygen atoms in total. The van der Waals surface area contributed by atoms with Gasteiger partial charge in [-0.05, 0) is 40.9 Å². The number of hydrogen-bond donors (Lipinski definition) is 1. The van der Waals surface area contributed by atoms with Gasteiger partial charge in [-0.25, -0.2) is 0 Å². The van der Waals surface area contributed by atoms with Gasteiger partial charge in [-0.2, -0.15) is 0 Å². The number of hydrogen-bond acceptors (Lipinski definition) is 4. The first-order valence-corrected chi connectivity index (χ1v) is 6.76. The van der Waals surface area contributed by atoms with E-state index < -0.39 is 0 Å². The number of ether oxygens (including phenoxy) is 1. The van der Waals surface area contributed by atoms with Crippen LogP contribution in [0.2, 0.25) is 0 Å². The highest BCUT2D eigenvalue weighted by Crippen LogP contribution is 2.27. The standard InChI is InChI=1S/C12H19BrN2O2/c1-16-9-4-6-15(7-5-9)10(8-14)11-2-3-12(13)17-11/h2-3,9-10H,4-8,14H2,1H3. The maximum atomic E-state index is 5.86. The third-order valence-electron chi connectivity index (χ3n) is 3.40. The molecule has 1 aliphatic heterocycles. The lowest BCUT2D eigenvalue weighted by Crippen LogP contribution is -2.41. The maximum Gasteiger partial charge on any atom is 0.169 e. The molecule has 1 atom stereocenters. The summed E-state index contributed by atoms with van der Waals surface area (Å²) in [6.07, 6.45) is 2.53. The first-order chi connectivity index (χ1) is 8.24. The van der Waals surface area contributed by atoms with Crippen molar-refractivity contribution in [3.05, 3.63) is 22.6 Å². The van der Waals surface area contributed by atoms with Crippen molar-refractivity contribution in [3.8, 4) is 0 Å². The molecule has 1 aromatic heterocycles. The Morgan fingerprint density at radius 3 is 2.71 bits per heavy atom. The molecule has 5 heteroatoms. The van der Waals surface area contributed by atoms with Crippen LogP contribution in [0.15, 0.2) is 21.2 Å². The molecule has 2 rings (SSSR count). The van der Waals surface area contributed by atoms with E-state index in [0.717, 1.165) is 36.4 Å². The van der Waals surface area contributed by atoms with Gasteiger partial charge in [0.1, 0.15) is 5.76 Å². The maximum absolute atomic E-state index is 5.86. The SMILES string of the molecule is COC1CCN(C(CN)c2ccc(Br)o2)CC1. The van der Waals surface area contributed by atoms with Gasteiger partial charge in [0.2, 0.25) is 0 Å². The fourth-order valence-electron chi connectivity index (χ4n) is 2.38. The Morgan fingerprint density at radius 2 is 2.24 bits per heavy atom. The number of piperidine rings is 1. The molecule has 2 heterocycles. The number of likely N-dealkylation sites (tertiary alicyclic amines) is 1. The molecule has 1 aliphatic rings. The van der Waals surface area contributed by atoms with Crippen LogP contribution >= 0.6 is 15.9 Å². The molecule has 0 radical (unpaired) electrons. The zero-order chi connectivity index (χ0) is 12.3. The first-order valence-electron chi connectivity index (χ1n) is 5.96. The third kappa shape index (κ3) is 3.10. The largest absolute Gasteiger partial charge is 0.453 e. The molecule has 0 spiro atoms. The second-order valence-electron chi connectivity index (χ2n) is 4.36. The van der Waals surface area contributed by atoms with E-state index in [1.54, 1.807) is 7.11 Å². The number of rotatable bonds is 4. The molecule has 0 aliphatic carbocycles. The van der Waals surface area contributed by atoms with Gasteiger partial charge in [-0.3, -0.25) is 4.90 Å². The van der Waals surface area contributed by atoms with E-state index in [4.69, 9.17) is 14.9 Å². The van der Waals surface area contributed by atoms with Gasteiger partial charge in [0.25, 0.3) is 0 Å². The summed E-state index contributed by atoms with van der Waals surface area (Å²) >= 11 is 3.33. The number of furan rings is 1. The van der Waals surface area contributed by atoms with E-state index >= 15 is 0 Å². The molecule has 0 aromatic carbocycles. The molecule has 17 heavy (non-hydrogen) atoms. The van der Waals surface area contributed by atoms with Gasteiger partial charge < -0.3 is 14.9 Å². The van der Waals surface area contributed by atoms with Gasteiger partial charge >= 0.3 is 0 Å². The zero-order valence-electron chi connectivity index (χ0n) is 10.1. The summed E-state index contributed by atoms with van der Waals surface area (Å²) in [4.78, 5) is 2.38. The lowest BCUT2D eigenvalue weighted by Gasteiger charge is -2.35. The molecule has 96 valence electrons. The van der Waals surface area contributed by atoms with E-state index in [1.165, 1.54) is 0 Å². The number of halogens is 1. The van der Waals surface area contributed by atoms with Crippen molar-refractivity contribution < 1.29 is 9.15 Å². The summed E-state index contributed by atoms with van der Waals surface area (Å²) in [7, 11) is 1.78. The van der Waals surface area contributed by atoms with Crippen LogP contribution in [0.4, 0.5) is 0 Å². The smallest absolute Gasteiger partial charge is 0.169 e. The van der Waals surface area contributed by atoms with Gasteiger partial charge in [-0.1, -0.05) is 0 Å². The average Bonchev–Trinajstić information content (AvgIpc) is 2.78. The van der Waals surface area contributed by atoms with Gasteiger partial charge in [0, 0.05) is 26.7 Å². The topological polar surface area (TPSA) is 51.6 Å². The van der Waals surface area contributed by atoms with Crippen molar-refractivity contribution in [1.82, 2.24) is 4.90 Å². The van der Waals surface area contributed by atoms with Crippen molar-refractivity contribution >= 4 is 15.9 Å². The third-order valence-corrected chi connectivity index (χ3v) is 3.82. The Bertz CT molecular complexity index is 348. The average molecular weight is 303 g/mol. The Kier molecular flexibility index (Phi) is 4.62. The van der Waals surface area contributed by atoms with Gasteiger partial charge in [0.05, 0.1) is 12.1 Å². The van der Waals surface area contributed by atoms with Crippen molar-refractivity contribution in [2.24, 2.45) is 5.73 Å². The van der Waals surface area contributed by atoms with Gasteiger partial charge in [0.15, 0.2) is 4.67 Å². The second-order valence-corrected chi connectivity index (χ2v) is 5.15. The van der Waals surface area contributed by atoms with Crippen LogP contribution in [0.1, 0.15) is 24.6 Å². The summed E-state index contributed by atoms with van der Waals surface area (Å²) < 4.78 is 11.7. The molecule has 0 amide bonds. The van der Waals surface area contributed by atoms with E-state index in [-0.39, 0.29) is 6.04 Å². The van der Waals surface area contributed by atoms with Crippen LogP contribution in [0, 0.1) is 0 Å². The lowest BCUT2D eigenvalue weighted by atomic mass is 10.0. The number of nitrogens with zero attached hydrogens (tertiary/aromatic N) is 1. The molecule has 2 N–H and O–H groups in total. The fraction of sp³-hybridized carbons (Fsp3) is 0.667. The predicted octanol–water partition coefficient (Wildman–Crippen LogP) is 2.15. The summed E-state index contributed by atoms with van der Waals surface area (Å²) in [5, 5.41) is 0. The van der Waals surface area contributed by atoms with Crippen LogP contribution in [0.5, 0.6) is 0 Å². The Morgan fingerprint density at radius 1 is 1.53 bits per heavy atom. The Labute approximate surface area is 110 Å². The fourth-order valence-corrected chi connectivity index (χ4v) is 2.69. The normalized spacial score (nSPS) is 20.6. The molecule has 1 aromatic rings. The summed E-state index contributed by atoms with van der Waals surface area (Å²) in [5.41, 5.74) is 5.86. The highest BCUT2D eigenvalue weighted by atomic mass is 79.9. The summed E-state index contributed by atoms with van der Waals surface area (Å²) in [6.45, 7) is 2.61. The highest BCUT2D eigenvalue weighted by Gasteiger charge is 2.26. The van der Waals surface area contributed by atoms with Crippen molar-refractivity contribution in [3.63, 3.8) is 0 Å². The molecule has 0 saturated carbocycles. The minimum Gasteiger partial charge on any atom is -0.453 e. The number of methoxy groups -OCH3 is 1. The van der Waals surface area contributed by atoms with Crippen LogP contribution in [-0.2, 0) is 4.74 Å². The van der Waals surface area contributed by atoms with E-state index in [0.29, 0.717) is 12.6 Å². The van der Waals surface area contributed by atoms with Crippen LogP contribution < -0.4 is 5.73 Å². The van der Waals surface area contributed by atoms with E-state index in [2.05, 4.69) is 20.8 Å². The van der Waals surface area contributed by atoms with E-state index in [1.807, 2.05) is 12.1 Å². The predicted molar refractivity (Wildman–Crippen MR) is 69.8 cm³/mol. The molecular formula is C12H19BrN2O2. The van der Waals surface area contributed by atoms with Crippen LogP contribution in [0.25, 0.3) is 0 Å². The summed E-state index contributed by atoms with van der Waals surface area (Å²) in [6, 6.07) is 4.09. The van der Waals surface area contributed by atoms with Crippen LogP contribution in [0.3, 0.4) is 0 Å². The number of nitrogens with two attached hydrogens (primary N) is 1. The van der Waals surface area contributed by atoms with Crippen molar-refractivity contribution in [2.45, 2.75) is 25.0 Å². The highest BCUT2D eigenvalue weighted by molar-refractivity contribution is 9.10.